The molecule has 5 heteroatoms. The number of unbranched alkanes of at least 4 members (excludes halogenated alkanes) is 3. The molecule has 0 aliphatic carbocycles. The van der Waals surface area contributed by atoms with E-state index in [9.17, 15) is 8.42 Å². The maximum absolute atomic E-state index is 10.7. The number of rotatable bonds is 9. The minimum absolute atomic E-state index is 0.276. The first-order chi connectivity index (χ1) is 8.58. The van der Waals surface area contributed by atoms with Crippen LogP contribution in [0.25, 0.3) is 0 Å². The summed E-state index contributed by atoms with van der Waals surface area (Å²) >= 11 is 0. The van der Waals surface area contributed by atoms with Crippen molar-refractivity contribution >= 4 is 10.1 Å². The van der Waals surface area contributed by atoms with E-state index in [0.717, 1.165) is 37.7 Å². The molecule has 1 aromatic rings. The van der Waals surface area contributed by atoms with Gasteiger partial charge in [-0.2, -0.15) is 8.42 Å². The predicted octanol–water partition coefficient (Wildman–Crippen LogP) is 2.60. The summed E-state index contributed by atoms with van der Waals surface area (Å²) < 4.78 is 31.5. The molecule has 0 N–H and O–H groups in total. The van der Waals surface area contributed by atoms with Gasteiger partial charge < -0.3 is 4.74 Å². The van der Waals surface area contributed by atoms with Crippen LogP contribution in [-0.4, -0.2) is 27.9 Å². The number of benzene rings is 1. The summed E-state index contributed by atoms with van der Waals surface area (Å²) in [5.41, 5.74) is 0. The van der Waals surface area contributed by atoms with Gasteiger partial charge in [0.2, 0.25) is 0 Å². The van der Waals surface area contributed by atoms with Crippen LogP contribution in [0.5, 0.6) is 5.75 Å². The number of hydrogen-bond acceptors (Lipinski definition) is 4. The minimum atomic E-state index is -3.28. The third-order valence-corrected chi connectivity index (χ3v) is 2.94. The summed E-state index contributed by atoms with van der Waals surface area (Å²) in [5, 5.41) is 0. The van der Waals surface area contributed by atoms with Gasteiger partial charge in [0.25, 0.3) is 10.1 Å². The molecule has 0 aliphatic rings. The van der Waals surface area contributed by atoms with E-state index in [1.54, 1.807) is 0 Å². The SMILES string of the molecule is CS(=O)(=O)OCCCCCCOc1ccccc1. The van der Waals surface area contributed by atoms with Crippen LogP contribution in [-0.2, 0) is 14.3 Å². The van der Waals surface area contributed by atoms with Crippen molar-refractivity contribution in [2.24, 2.45) is 0 Å². The van der Waals surface area contributed by atoms with E-state index in [1.165, 1.54) is 0 Å². The van der Waals surface area contributed by atoms with Gasteiger partial charge in [0.05, 0.1) is 19.5 Å². The Morgan fingerprint density at radius 1 is 0.944 bits per heavy atom. The highest BCUT2D eigenvalue weighted by Gasteiger charge is 2.00. The van der Waals surface area contributed by atoms with Crippen LogP contribution in [0.15, 0.2) is 30.3 Å². The summed E-state index contributed by atoms with van der Waals surface area (Å²) in [4.78, 5) is 0. The van der Waals surface area contributed by atoms with Gasteiger partial charge in [0.15, 0.2) is 0 Å². The zero-order valence-corrected chi connectivity index (χ0v) is 11.5. The number of ether oxygens (including phenoxy) is 1. The molecule has 1 aromatic carbocycles. The maximum Gasteiger partial charge on any atom is 0.264 e. The highest BCUT2D eigenvalue weighted by atomic mass is 32.2. The van der Waals surface area contributed by atoms with Gasteiger partial charge in [0, 0.05) is 0 Å². The Kier molecular flexibility index (Phi) is 6.75. The molecule has 0 aliphatic heterocycles. The Labute approximate surface area is 109 Å². The molecule has 0 unspecified atom stereocenters. The van der Waals surface area contributed by atoms with Crippen LogP contribution in [0, 0.1) is 0 Å². The molecule has 0 spiro atoms. The van der Waals surface area contributed by atoms with Gasteiger partial charge in [-0.1, -0.05) is 24.6 Å². The van der Waals surface area contributed by atoms with E-state index >= 15 is 0 Å². The van der Waals surface area contributed by atoms with Crippen LogP contribution in [0.4, 0.5) is 0 Å². The van der Waals surface area contributed by atoms with Gasteiger partial charge in [-0.25, -0.2) is 0 Å². The van der Waals surface area contributed by atoms with Crippen molar-refractivity contribution in [1.82, 2.24) is 0 Å². The first kappa shape index (κ1) is 15.0. The highest BCUT2D eigenvalue weighted by molar-refractivity contribution is 7.85. The quantitative estimate of drug-likeness (QED) is 0.512. The highest BCUT2D eigenvalue weighted by Crippen LogP contribution is 2.09. The lowest BCUT2D eigenvalue weighted by Gasteiger charge is -2.05. The molecule has 0 fully saturated rings. The average molecular weight is 272 g/mol. The summed E-state index contributed by atoms with van der Waals surface area (Å²) in [7, 11) is -3.28. The number of hydrogen-bond donors (Lipinski definition) is 0. The lowest BCUT2D eigenvalue weighted by Crippen LogP contribution is -2.04. The molecular weight excluding hydrogens is 252 g/mol. The lowest BCUT2D eigenvalue weighted by atomic mass is 10.2. The number of para-hydroxylation sites is 1. The van der Waals surface area contributed by atoms with Crippen LogP contribution in [0.2, 0.25) is 0 Å². The summed E-state index contributed by atoms with van der Waals surface area (Å²) in [6.45, 7) is 0.968. The van der Waals surface area contributed by atoms with Crippen molar-refractivity contribution in [1.29, 1.82) is 0 Å². The Bertz CT molecular complexity index is 414. The fraction of sp³-hybridized carbons (Fsp3) is 0.538. The van der Waals surface area contributed by atoms with Crippen LogP contribution < -0.4 is 4.74 Å². The van der Waals surface area contributed by atoms with Crippen LogP contribution in [0.1, 0.15) is 25.7 Å². The zero-order valence-electron chi connectivity index (χ0n) is 10.7. The first-order valence-corrected chi connectivity index (χ1v) is 7.92. The van der Waals surface area contributed by atoms with E-state index < -0.39 is 10.1 Å². The molecule has 0 atom stereocenters. The molecule has 1 rings (SSSR count). The Hall–Kier alpha value is -1.07. The second kappa shape index (κ2) is 8.11. The Balaban J connectivity index is 1.93. The van der Waals surface area contributed by atoms with Crippen molar-refractivity contribution < 1.29 is 17.3 Å². The van der Waals surface area contributed by atoms with Gasteiger partial charge >= 0.3 is 0 Å². The first-order valence-electron chi connectivity index (χ1n) is 6.10. The maximum atomic E-state index is 10.7. The molecular formula is C13H20O4S. The molecule has 18 heavy (non-hydrogen) atoms. The largest absolute Gasteiger partial charge is 0.494 e. The van der Waals surface area contributed by atoms with Gasteiger partial charge in [-0.15, -0.1) is 0 Å². The second-order valence-corrected chi connectivity index (χ2v) is 5.75. The van der Waals surface area contributed by atoms with Crippen molar-refractivity contribution in [3.8, 4) is 5.75 Å². The molecule has 0 saturated heterocycles. The van der Waals surface area contributed by atoms with E-state index in [4.69, 9.17) is 4.74 Å². The lowest BCUT2D eigenvalue weighted by molar-refractivity contribution is 0.290. The predicted molar refractivity (Wildman–Crippen MR) is 71.2 cm³/mol. The van der Waals surface area contributed by atoms with Crippen molar-refractivity contribution in [2.75, 3.05) is 19.5 Å². The fourth-order valence-electron chi connectivity index (χ4n) is 1.47. The van der Waals surface area contributed by atoms with E-state index in [2.05, 4.69) is 4.18 Å². The second-order valence-electron chi connectivity index (χ2n) is 4.10. The molecule has 4 nitrogen and oxygen atoms in total. The molecule has 0 bridgehead atoms. The van der Waals surface area contributed by atoms with Crippen molar-refractivity contribution in [3.63, 3.8) is 0 Å². The van der Waals surface area contributed by atoms with Gasteiger partial charge in [-0.05, 0) is 31.4 Å². The fourth-order valence-corrected chi connectivity index (χ4v) is 1.90. The Morgan fingerprint density at radius 3 is 2.17 bits per heavy atom. The smallest absolute Gasteiger partial charge is 0.264 e. The molecule has 0 heterocycles. The Morgan fingerprint density at radius 2 is 1.56 bits per heavy atom. The zero-order chi connectivity index (χ0) is 13.3. The van der Waals surface area contributed by atoms with Gasteiger partial charge in [-0.3, -0.25) is 4.18 Å². The van der Waals surface area contributed by atoms with Crippen molar-refractivity contribution in [3.05, 3.63) is 30.3 Å². The third-order valence-electron chi connectivity index (χ3n) is 2.35. The summed E-state index contributed by atoms with van der Waals surface area (Å²) in [6, 6.07) is 9.70. The summed E-state index contributed by atoms with van der Waals surface area (Å²) in [5.74, 6) is 0.887. The average Bonchev–Trinajstić information content (AvgIpc) is 2.32. The monoisotopic (exact) mass is 272 g/mol. The van der Waals surface area contributed by atoms with Crippen LogP contribution >= 0.6 is 0 Å². The minimum Gasteiger partial charge on any atom is -0.494 e. The van der Waals surface area contributed by atoms with Gasteiger partial charge in [0.1, 0.15) is 5.75 Å². The topological polar surface area (TPSA) is 52.6 Å². The molecule has 0 radical (unpaired) electrons. The van der Waals surface area contributed by atoms with E-state index in [0.29, 0.717) is 6.61 Å². The van der Waals surface area contributed by atoms with Crippen molar-refractivity contribution in [2.45, 2.75) is 25.7 Å². The van der Waals surface area contributed by atoms with Crippen LogP contribution in [0.3, 0.4) is 0 Å². The van der Waals surface area contributed by atoms with E-state index in [1.807, 2.05) is 30.3 Å². The molecule has 102 valence electrons. The third kappa shape index (κ3) is 8.08. The molecule has 0 amide bonds. The molecule has 0 saturated carbocycles. The standard InChI is InChI=1S/C13H20O4S/c1-18(14,15)17-12-8-3-2-7-11-16-13-9-5-4-6-10-13/h4-6,9-10H,2-3,7-8,11-12H2,1H3. The normalized spacial score (nSPS) is 11.4. The van der Waals surface area contributed by atoms with E-state index in [-0.39, 0.29) is 6.61 Å². The summed E-state index contributed by atoms with van der Waals surface area (Å²) in [6.07, 6.45) is 4.76. The molecule has 0 aromatic heterocycles.